The monoisotopic (exact) mass is 306 g/mol. The van der Waals surface area contributed by atoms with Crippen LogP contribution in [0.2, 0.25) is 16.6 Å². The molecule has 0 bridgehead atoms. The maximum absolute atomic E-state index is 13.7. The molecular weight excluding hydrogens is 279 g/mol. The highest BCUT2D eigenvalue weighted by molar-refractivity contribution is 6.90. The number of halogens is 1. The molecule has 1 unspecified atom stereocenters. The fraction of sp³-hybridized carbons (Fsp3) is 0.556. The van der Waals surface area contributed by atoms with Crippen molar-refractivity contribution >= 4 is 8.07 Å². The van der Waals surface area contributed by atoms with Gasteiger partial charge in [0.05, 0.1) is 0 Å². The van der Waals surface area contributed by atoms with Crippen LogP contribution in [0.15, 0.2) is 24.3 Å². The first kappa shape index (κ1) is 17.9. The van der Waals surface area contributed by atoms with Gasteiger partial charge in [-0.25, -0.2) is 4.39 Å². The molecule has 116 valence electrons. The van der Waals surface area contributed by atoms with Gasteiger partial charge in [0.2, 0.25) is 0 Å². The fourth-order valence-electron chi connectivity index (χ4n) is 3.40. The fourth-order valence-corrected chi connectivity index (χ4v) is 8.65. The molecule has 3 heteroatoms. The standard InChI is InChI=1S/C18H27FOSi/c1-13(2)21(14(3)4,15(5)6)12-11-18(20)16-9-7-8-10-17(16)19/h7-10,13-15,18,20H,1-6H3. The van der Waals surface area contributed by atoms with Crippen molar-refractivity contribution in [3.8, 4) is 11.5 Å². The highest BCUT2D eigenvalue weighted by Crippen LogP contribution is 2.40. The molecule has 1 rings (SSSR count). The largest absolute Gasteiger partial charge is 0.376 e. The molecule has 21 heavy (non-hydrogen) atoms. The Labute approximate surface area is 129 Å². The van der Waals surface area contributed by atoms with Gasteiger partial charge in [0.25, 0.3) is 0 Å². The second kappa shape index (κ2) is 7.24. The summed E-state index contributed by atoms with van der Waals surface area (Å²) in [6.07, 6.45) is -1.05. The van der Waals surface area contributed by atoms with Gasteiger partial charge in [0, 0.05) is 5.56 Å². The van der Waals surface area contributed by atoms with Crippen molar-refractivity contribution in [3.63, 3.8) is 0 Å². The highest BCUT2D eigenvalue weighted by Gasteiger charge is 2.41. The Morgan fingerprint density at radius 2 is 1.43 bits per heavy atom. The normalized spacial score (nSPS) is 13.5. The van der Waals surface area contributed by atoms with Gasteiger partial charge in [-0.3, -0.25) is 0 Å². The first-order valence-corrected chi connectivity index (χ1v) is 9.91. The molecule has 0 heterocycles. The lowest BCUT2D eigenvalue weighted by atomic mass is 10.1. The van der Waals surface area contributed by atoms with E-state index in [0.29, 0.717) is 16.6 Å². The van der Waals surface area contributed by atoms with Crippen molar-refractivity contribution in [1.29, 1.82) is 0 Å². The molecule has 0 saturated carbocycles. The zero-order chi connectivity index (χ0) is 16.2. The zero-order valence-corrected chi connectivity index (χ0v) is 14.9. The van der Waals surface area contributed by atoms with Gasteiger partial charge in [0.15, 0.2) is 0 Å². The van der Waals surface area contributed by atoms with Gasteiger partial charge in [-0.05, 0) is 22.7 Å². The summed E-state index contributed by atoms with van der Waals surface area (Å²) in [5.74, 6) is 2.55. The van der Waals surface area contributed by atoms with Gasteiger partial charge in [-0.1, -0.05) is 65.7 Å². The highest BCUT2D eigenvalue weighted by atomic mass is 28.3. The first-order chi connectivity index (χ1) is 9.73. The molecule has 0 spiro atoms. The molecule has 0 aliphatic carbocycles. The third kappa shape index (κ3) is 3.75. The van der Waals surface area contributed by atoms with Crippen LogP contribution in [0.1, 0.15) is 53.2 Å². The Hall–Kier alpha value is -1.11. The lowest BCUT2D eigenvalue weighted by molar-refractivity contribution is 0.233. The molecule has 0 radical (unpaired) electrons. The maximum atomic E-state index is 13.7. The average molecular weight is 306 g/mol. The number of rotatable bonds is 4. The van der Waals surface area contributed by atoms with Crippen LogP contribution >= 0.6 is 0 Å². The molecule has 0 aliphatic rings. The van der Waals surface area contributed by atoms with Crippen LogP contribution in [0.3, 0.4) is 0 Å². The molecule has 0 amide bonds. The summed E-state index contributed by atoms with van der Waals surface area (Å²) in [5, 5.41) is 10.2. The summed E-state index contributed by atoms with van der Waals surface area (Å²) in [4.78, 5) is 0. The molecular formula is C18H27FOSi. The SMILES string of the molecule is CC(C)[Si](C#CC(O)c1ccccc1F)(C(C)C)C(C)C. The number of aliphatic hydroxyl groups is 1. The predicted molar refractivity (Wildman–Crippen MR) is 90.2 cm³/mol. The second-order valence-corrected chi connectivity index (χ2v) is 12.2. The molecule has 0 saturated heterocycles. The third-order valence-corrected chi connectivity index (χ3v) is 10.8. The molecule has 1 atom stereocenters. The van der Waals surface area contributed by atoms with Crippen molar-refractivity contribution in [2.24, 2.45) is 0 Å². The lowest BCUT2D eigenvalue weighted by Crippen LogP contribution is -2.43. The van der Waals surface area contributed by atoms with Crippen LogP contribution in [0.5, 0.6) is 0 Å². The van der Waals surface area contributed by atoms with E-state index < -0.39 is 20.0 Å². The van der Waals surface area contributed by atoms with E-state index in [2.05, 4.69) is 53.0 Å². The van der Waals surface area contributed by atoms with E-state index in [9.17, 15) is 9.50 Å². The molecule has 0 fully saturated rings. The van der Waals surface area contributed by atoms with E-state index in [1.165, 1.54) is 6.07 Å². The van der Waals surface area contributed by atoms with Crippen molar-refractivity contribution in [1.82, 2.24) is 0 Å². The van der Waals surface area contributed by atoms with Crippen molar-refractivity contribution in [3.05, 3.63) is 35.6 Å². The van der Waals surface area contributed by atoms with Crippen molar-refractivity contribution < 1.29 is 9.50 Å². The minimum atomic E-state index is -1.88. The quantitative estimate of drug-likeness (QED) is 0.607. The number of hydrogen-bond acceptors (Lipinski definition) is 1. The van der Waals surface area contributed by atoms with E-state index >= 15 is 0 Å². The number of hydrogen-bond donors (Lipinski definition) is 1. The van der Waals surface area contributed by atoms with Gasteiger partial charge < -0.3 is 5.11 Å². The molecule has 1 nitrogen and oxygen atoms in total. The Morgan fingerprint density at radius 1 is 0.952 bits per heavy atom. The molecule has 1 aromatic rings. The topological polar surface area (TPSA) is 20.2 Å². The van der Waals surface area contributed by atoms with Crippen molar-refractivity contribution in [2.75, 3.05) is 0 Å². The Balaban J connectivity index is 3.20. The van der Waals surface area contributed by atoms with Crippen LogP contribution < -0.4 is 0 Å². The van der Waals surface area contributed by atoms with Crippen LogP contribution in [-0.2, 0) is 0 Å². The smallest absolute Gasteiger partial charge is 0.146 e. The van der Waals surface area contributed by atoms with Crippen LogP contribution in [0.25, 0.3) is 0 Å². The first-order valence-electron chi connectivity index (χ1n) is 7.68. The Morgan fingerprint density at radius 3 is 1.86 bits per heavy atom. The summed E-state index contributed by atoms with van der Waals surface area (Å²) in [6.45, 7) is 13.3. The van der Waals surface area contributed by atoms with Gasteiger partial charge in [-0.2, -0.15) is 0 Å². The zero-order valence-electron chi connectivity index (χ0n) is 13.9. The second-order valence-electron chi connectivity index (χ2n) is 6.59. The van der Waals surface area contributed by atoms with Gasteiger partial charge in [0.1, 0.15) is 20.0 Å². The predicted octanol–water partition coefficient (Wildman–Crippen LogP) is 5.08. The Kier molecular flexibility index (Phi) is 6.19. The van der Waals surface area contributed by atoms with E-state index in [1.54, 1.807) is 18.2 Å². The Bertz CT molecular complexity index is 504. The average Bonchev–Trinajstić information content (AvgIpc) is 2.38. The summed E-state index contributed by atoms with van der Waals surface area (Å²) in [6, 6.07) is 6.30. The van der Waals surface area contributed by atoms with E-state index in [4.69, 9.17) is 0 Å². The van der Waals surface area contributed by atoms with Crippen LogP contribution in [-0.4, -0.2) is 13.2 Å². The lowest BCUT2D eigenvalue weighted by Gasteiger charge is -2.38. The van der Waals surface area contributed by atoms with Crippen LogP contribution in [0.4, 0.5) is 4.39 Å². The number of aliphatic hydroxyl groups excluding tert-OH is 1. The van der Waals surface area contributed by atoms with Crippen molar-refractivity contribution in [2.45, 2.75) is 64.3 Å². The van der Waals surface area contributed by atoms with E-state index in [1.807, 2.05) is 0 Å². The summed E-state index contributed by atoms with van der Waals surface area (Å²) in [7, 11) is -1.88. The van der Waals surface area contributed by atoms with Crippen LogP contribution in [0, 0.1) is 17.3 Å². The molecule has 0 aromatic heterocycles. The minimum absolute atomic E-state index is 0.268. The minimum Gasteiger partial charge on any atom is -0.376 e. The molecule has 1 N–H and O–H groups in total. The molecule has 0 aliphatic heterocycles. The summed E-state index contributed by atoms with van der Waals surface area (Å²) >= 11 is 0. The number of benzene rings is 1. The van der Waals surface area contributed by atoms with E-state index in [-0.39, 0.29) is 5.56 Å². The summed E-state index contributed by atoms with van der Waals surface area (Å²) in [5.41, 5.74) is 5.19. The maximum Gasteiger partial charge on any atom is 0.146 e. The van der Waals surface area contributed by atoms with Gasteiger partial charge >= 0.3 is 0 Å². The third-order valence-electron chi connectivity index (χ3n) is 4.49. The summed E-state index contributed by atoms with van der Waals surface area (Å²) < 4.78 is 13.7. The molecule has 1 aromatic carbocycles. The van der Waals surface area contributed by atoms with Gasteiger partial charge in [-0.15, -0.1) is 5.54 Å². The van der Waals surface area contributed by atoms with E-state index in [0.717, 1.165) is 0 Å².